The number of rotatable bonds is 4. The van der Waals surface area contributed by atoms with E-state index in [0.717, 1.165) is 11.3 Å². The maximum absolute atomic E-state index is 11.5. The van der Waals surface area contributed by atoms with Crippen molar-refractivity contribution in [1.82, 2.24) is 0 Å². The molecule has 0 fully saturated rings. The van der Waals surface area contributed by atoms with Gasteiger partial charge in [-0.15, -0.1) is 11.8 Å². The molecule has 0 aromatic heterocycles. The first kappa shape index (κ1) is 13.7. The molecule has 0 saturated heterocycles. The minimum absolute atomic E-state index is 0.289. The Hall–Kier alpha value is -1.74. The van der Waals surface area contributed by atoms with Crippen LogP contribution in [0.2, 0.25) is 0 Å². The number of benzene rings is 2. The molecule has 0 aliphatic carbocycles. The van der Waals surface area contributed by atoms with Gasteiger partial charge < -0.3 is 4.74 Å². The lowest BCUT2D eigenvalue weighted by Crippen LogP contribution is -2.01. The zero-order chi connectivity index (χ0) is 13.7. The van der Waals surface area contributed by atoms with Crippen LogP contribution in [0.15, 0.2) is 53.4 Å². The number of hydrogen-bond donors (Lipinski definition) is 0. The summed E-state index contributed by atoms with van der Waals surface area (Å²) in [6.07, 6.45) is 0. The molecule has 2 aromatic carbocycles. The van der Waals surface area contributed by atoms with Crippen LogP contribution in [0.3, 0.4) is 0 Å². The van der Waals surface area contributed by atoms with Crippen LogP contribution in [0.1, 0.15) is 21.5 Å². The average molecular weight is 272 g/mol. The lowest BCUT2D eigenvalue weighted by Gasteiger charge is -2.06. The highest BCUT2D eigenvalue weighted by Crippen LogP contribution is 2.25. The van der Waals surface area contributed by atoms with Crippen molar-refractivity contribution in [3.8, 4) is 0 Å². The minimum atomic E-state index is -0.289. The van der Waals surface area contributed by atoms with Crippen LogP contribution in [0.5, 0.6) is 0 Å². The van der Waals surface area contributed by atoms with Crippen LogP contribution in [0.4, 0.5) is 0 Å². The van der Waals surface area contributed by atoms with Gasteiger partial charge >= 0.3 is 5.97 Å². The molecule has 0 spiro atoms. The Kier molecular flexibility index (Phi) is 4.63. The van der Waals surface area contributed by atoms with E-state index < -0.39 is 0 Å². The second-order valence-electron chi connectivity index (χ2n) is 4.25. The molecule has 19 heavy (non-hydrogen) atoms. The number of hydrogen-bond acceptors (Lipinski definition) is 3. The molecule has 2 aromatic rings. The molecular weight excluding hydrogens is 256 g/mol. The molecule has 0 N–H and O–H groups in total. The zero-order valence-electron chi connectivity index (χ0n) is 11.1. The van der Waals surface area contributed by atoms with Crippen LogP contribution in [0, 0.1) is 6.92 Å². The van der Waals surface area contributed by atoms with Crippen molar-refractivity contribution >= 4 is 17.7 Å². The summed E-state index contributed by atoms with van der Waals surface area (Å²) in [5.41, 5.74) is 3.00. The van der Waals surface area contributed by atoms with E-state index in [4.69, 9.17) is 4.74 Å². The van der Waals surface area contributed by atoms with Crippen LogP contribution >= 0.6 is 11.8 Å². The largest absolute Gasteiger partial charge is 0.465 e. The van der Waals surface area contributed by atoms with Gasteiger partial charge in [0, 0.05) is 10.6 Å². The Morgan fingerprint density at radius 2 is 1.95 bits per heavy atom. The van der Waals surface area contributed by atoms with Crippen molar-refractivity contribution in [3.63, 3.8) is 0 Å². The normalized spacial score (nSPS) is 10.2. The summed E-state index contributed by atoms with van der Waals surface area (Å²) in [6, 6.07) is 15.9. The first-order chi connectivity index (χ1) is 9.20. The quantitative estimate of drug-likeness (QED) is 0.620. The summed E-state index contributed by atoms with van der Waals surface area (Å²) in [5.74, 6) is 0.554. The Bertz CT molecular complexity index is 578. The number of esters is 1. The smallest absolute Gasteiger partial charge is 0.337 e. The van der Waals surface area contributed by atoms with Gasteiger partial charge in [0.15, 0.2) is 0 Å². The Morgan fingerprint density at radius 1 is 1.16 bits per heavy atom. The van der Waals surface area contributed by atoms with Gasteiger partial charge in [0.05, 0.1) is 12.7 Å². The molecule has 0 unspecified atom stereocenters. The Labute approximate surface area is 117 Å². The summed E-state index contributed by atoms with van der Waals surface area (Å²) in [5, 5.41) is 0. The molecule has 0 atom stereocenters. The maximum Gasteiger partial charge on any atom is 0.337 e. The molecule has 2 nitrogen and oxygen atoms in total. The molecule has 0 radical (unpaired) electrons. The van der Waals surface area contributed by atoms with Gasteiger partial charge in [0.1, 0.15) is 0 Å². The fourth-order valence-electron chi connectivity index (χ4n) is 1.79. The molecule has 0 bridgehead atoms. The van der Waals surface area contributed by atoms with Crippen molar-refractivity contribution in [3.05, 3.63) is 65.2 Å². The van der Waals surface area contributed by atoms with Crippen LogP contribution in [0.25, 0.3) is 0 Å². The first-order valence-electron chi connectivity index (χ1n) is 6.06. The molecule has 0 aliphatic heterocycles. The van der Waals surface area contributed by atoms with Crippen LogP contribution < -0.4 is 0 Å². The molecular formula is C16H16O2S. The third-order valence-corrected chi connectivity index (χ3v) is 4.08. The molecule has 98 valence electrons. The monoisotopic (exact) mass is 272 g/mol. The van der Waals surface area contributed by atoms with Crippen LogP contribution in [-0.2, 0) is 10.5 Å². The number of carbonyl (C=O) groups is 1. The van der Waals surface area contributed by atoms with Crippen molar-refractivity contribution in [1.29, 1.82) is 0 Å². The highest BCUT2D eigenvalue weighted by atomic mass is 32.2. The zero-order valence-corrected chi connectivity index (χ0v) is 11.9. The third-order valence-electron chi connectivity index (χ3n) is 2.84. The van der Waals surface area contributed by atoms with E-state index in [1.54, 1.807) is 17.8 Å². The maximum atomic E-state index is 11.5. The molecule has 0 amide bonds. The summed E-state index contributed by atoms with van der Waals surface area (Å²) >= 11 is 1.78. The number of carbonyl (C=O) groups excluding carboxylic acids is 1. The second-order valence-corrected chi connectivity index (χ2v) is 5.26. The number of thioether (sulfide) groups is 1. The lowest BCUT2D eigenvalue weighted by molar-refractivity contribution is 0.0600. The number of ether oxygens (including phenoxy) is 1. The Balaban J connectivity index is 2.08. The van der Waals surface area contributed by atoms with E-state index in [9.17, 15) is 4.79 Å². The minimum Gasteiger partial charge on any atom is -0.465 e. The predicted molar refractivity (Wildman–Crippen MR) is 78.5 cm³/mol. The highest BCUT2D eigenvalue weighted by Gasteiger charge is 2.06. The average Bonchev–Trinajstić information content (AvgIpc) is 2.46. The van der Waals surface area contributed by atoms with Crippen molar-refractivity contribution in [2.75, 3.05) is 7.11 Å². The first-order valence-corrected chi connectivity index (χ1v) is 7.05. The van der Waals surface area contributed by atoms with E-state index in [1.807, 2.05) is 30.3 Å². The number of methoxy groups -OCH3 is 1. The highest BCUT2D eigenvalue weighted by molar-refractivity contribution is 7.98. The van der Waals surface area contributed by atoms with Crippen molar-refractivity contribution < 1.29 is 9.53 Å². The van der Waals surface area contributed by atoms with Gasteiger partial charge in [0.25, 0.3) is 0 Å². The molecule has 3 heteroatoms. The van der Waals surface area contributed by atoms with E-state index in [0.29, 0.717) is 5.56 Å². The van der Waals surface area contributed by atoms with E-state index >= 15 is 0 Å². The van der Waals surface area contributed by atoms with Gasteiger partial charge in [0.2, 0.25) is 0 Å². The van der Waals surface area contributed by atoms with Gasteiger partial charge in [-0.2, -0.15) is 0 Å². The van der Waals surface area contributed by atoms with Gasteiger partial charge in [-0.05, 0) is 36.2 Å². The lowest BCUT2D eigenvalue weighted by atomic mass is 10.1. The van der Waals surface area contributed by atoms with Crippen molar-refractivity contribution in [2.24, 2.45) is 0 Å². The summed E-state index contributed by atoms with van der Waals surface area (Å²) in [4.78, 5) is 12.7. The van der Waals surface area contributed by atoms with Crippen molar-refractivity contribution in [2.45, 2.75) is 17.6 Å². The molecule has 2 rings (SSSR count). The summed E-state index contributed by atoms with van der Waals surface area (Å²) in [7, 11) is 1.40. The van der Waals surface area contributed by atoms with Gasteiger partial charge in [-0.3, -0.25) is 0 Å². The summed E-state index contributed by atoms with van der Waals surface area (Å²) < 4.78 is 4.73. The summed E-state index contributed by atoms with van der Waals surface area (Å²) in [6.45, 7) is 2.10. The topological polar surface area (TPSA) is 26.3 Å². The second kappa shape index (κ2) is 6.43. The fourth-order valence-corrected chi connectivity index (χ4v) is 2.76. The molecule has 0 saturated carbocycles. The number of aryl methyl sites for hydroxylation is 1. The van der Waals surface area contributed by atoms with E-state index in [-0.39, 0.29) is 5.97 Å². The van der Waals surface area contributed by atoms with Gasteiger partial charge in [-0.25, -0.2) is 4.79 Å². The van der Waals surface area contributed by atoms with E-state index in [2.05, 4.69) is 19.1 Å². The van der Waals surface area contributed by atoms with Crippen LogP contribution in [-0.4, -0.2) is 13.1 Å². The molecule has 0 aliphatic rings. The van der Waals surface area contributed by atoms with Gasteiger partial charge in [-0.1, -0.05) is 30.3 Å². The van der Waals surface area contributed by atoms with E-state index in [1.165, 1.54) is 17.6 Å². The predicted octanol–water partition coefficient (Wildman–Crippen LogP) is 4.07. The SMILES string of the molecule is COC(=O)c1cccc(CSc2ccccc2C)c1. The Morgan fingerprint density at radius 3 is 2.68 bits per heavy atom. The third kappa shape index (κ3) is 3.61. The molecule has 0 heterocycles. The standard InChI is InChI=1S/C16H16O2S/c1-12-6-3-4-9-15(12)19-11-13-7-5-8-14(10-13)16(17)18-2/h3-10H,11H2,1-2H3. The fraction of sp³-hybridized carbons (Fsp3) is 0.188.